The molecule has 0 fully saturated rings. The van der Waals surface area contributed by atoms with E-state index in [1.807, 2.05) is 25.5 Å². The van der Waals surface area contributed by atoms with Crippen LogP contribution in [-0.2, 0) is 22.6 Å². The second-order valence-corrected chi connectivity index (χ2v) is 7.18. The Balaban J connectivity index is 2.12. The molecule has 0 aliphatic rings. The minimum atomic E-state index is -1.27. The van der Waals surface area contributed by atoms with Crippen molar-refractivity contribution in [2.45, 2.75) is 25.7 Å². The van der Waals surface area contributed by atoms with Gasteiger partial charge in [0.2, 0.25) is 5.78 Å². The van der Waals surface area contributed by atoms with Crippen molar-refractivity contribution in [3.05, 3.63) is 52.8 Å². The molecule has 0 bridgehead atoms. The Hall–Kier alpha value is -2.21. The Morgan fingerprint density at radius 3 is 2.42 bits per heavy atom. The molecule has 0 saturated carbocycles. The van der Waals surface area contributed by atoms with Gasteiger partial charge in [-0.1, -0.05) is 19.1 Å². The number of hydrogen-bond acceptors (Lipinski definition) is 4. The number of nitrogens with zero attached hydrogens (tertiary/aromatic N) is 1. The van der Waals surface area contributed by atoms with Crippen LogP contribution in [0.25, 0.3) is 0 Å². The van der Waals surface area contributed by atoms with Crippen molar-refractivity contribution < 1.29 is 18.5 Å². The average molecular weight is 347 g/mol. The average Bonchev–Trinajstić information content (AvgIpc) is 2.86. The summed E-state index contributed by atoms with van der Waals surface area (Å²) in [5.74, 6) is -0.476. The molecule has 0 radical (unpaired) electrons. The molecule has 0 unspecified atom stereocenters. The second kappa shape index (κ2) is 7.57. The van der Waals surface area contributed by atoms with Gasteiger partial charge in [0.05, 0.1) is 21.3 Å². The first-order valence-electron chi connectivity index (χ1n) is 7.67. The van der Waals surface area contributed by atoms with E-state index in [4.69, 9.17) is 4.74 Å². The van der Waals surface area contributed by atoms with Crippen LogP contribution in [0.15, 0.2) is 35.2 Å². The van der Waals surface area contributed by atoms with Gasteiger partial charge in [0.25, 0.3) is 0 Å². The molecular weight excluding hydrogens is 326 g/mol. The summed E-state index contributed by atoms with van der Waals surface area (Å²) in [5.41, 5.74) is 2.59. The molecule has 2 aromatic rings. The number of benzene rings is 1. The highest BCUT2D eigenvalue weighted by atomic mass is 32.2. The highest BCUT2D eigenvalue weighted by molar-refractivity contribution is 7.85. The number of aromatic nitrogens is 1. The molecular formula is C18H21NO4S. The van der Waals surface area contributed by atoms with Crippen LogP contribution in [-0.4, -0.2) is 32.9 Å². The standard InChI is InChI=1S/C18H21NO4S/c1-5-24(22)17-9-7-6-8-14(17)18(21)23-11-16(20)15-10-12(2)19(4)13(15)3/h6-10H,5,11H2,1-4H3/t24-/m0/s1. The molecule has 1 heterocycles. The van der Waals surface area contributed by atoms with Crippen molar-refractivity contribution in [3.8, 4) is 0 Å². The lowest BCUT2D eigenvalue weighted by Crippen LogP contribution is -2.16. The molecule has 0 amide bonds. The zero-order chi connectivity index (χ0) is 17.9. The Kier molecular flexibility index (Phi) is 5.72. The van der Waals surface area contributed by atoms with E-state index in [1.54, 1.807) is 37.3 Å². The Labute approximate surface area is 144 Å². The number of esters is 1. The number of carbonyl (C=O) groups is 2. The number of Topliss-reactive ketones (excluding diaryl/α,β-unsaturated/α-hetero) is 1. The molecule has 5 nitrogen and oxygen atoms in total. The minimum Gasteiger partial charge on any atom is -0.454 e. The molecule has 1 atom stereocenters. The lowest BCUT2D eigenvalue weighted by atomic mass is 10.1. The Morgan fingerprint density at radius 2 is 1.83 bits per heavy atom. The topological polar surface area (TPSA) is 65.4 Å². The van der Waals surface area contributed by atoms with E-state index in [0.717, 1.165) is 11.4 Å². The van der Waals surface area contributed by atoms with Crippen LogP contribution >= 0.6 is 0 Å². The van der Waals surface area contributed by atoms with Crippen LogP contribution in [0.4, 0.5) is 0 Å². The van der Waals surface area contributed by atoms with Crippen LogP contribution in [0.1, 0.15) is 39.0 Å². The largest absolute Gasteiger partial charge is 0.454 e. The van der Waals surface area contributed by atoms with Gasteiger partial charge in [-0.25, -0.2) is 4.79 Å². The summed E-state index contributed by atoms with van der Waals surface area (Å²) < 4.78 is 19.1. The van der Waals surface area contributed by atoms with Crippen LogP contribution in [0.5, 0.6) is 0 Å². The normalized spacial score (nSPS) is 12.0. The lowest BCUT2D eigenvalue weighted by Gasteiger charge is -2.08. The SMILES string of the molecule is CC[S@](=O)c1ccccc1C(=O)OCC(=O)c1cc(C)n(C)c1C. The predicted octanol–water partition coefficient (Wildman–Crippen LogP) is 2.81. The van der Waals surface area contributed by atoms with Crippen molar-refractivity contribution in [3.63, 3.8) is 0 Å². The maximum absolute atomic E-state index is 12.3. The smallest absolute Gasteiger partial charge is 0.339 e. The van der Waals surface area contributed by atoms with E-state index in [9.17, 15) is 13.8 Å². The molecule has 1 aromatic carbocycles. The van der Waals surface area contributed by atoms with Gasteiger partial charge in [-0.15, -0.1) is 0 Å². The van der Waals surface area contributed by atoms with Crippen LogP contribution < -0.4 is 0 Å². The fraction of sp³-hybridized carbons (Fsp3) is 0.333. The molecule has 0 saturated heterocycles. The van der Waals surface area contributed by atoms with E-state index < -0.39 is 16.8 Å². The fourth-order valence-corrected chi connectivity index (χ4v) is 3.35. The molecule has 128 valence electrons. The fourth-order valence-electron chi connectivity index (χ4n) is 2.41. The first-order valence-corrected chi connectivity index (χ1v) is 8.99. The first-order chi connectivity index (χ1) is 11.4. The zero-order valence-electron chi connectivity index (χ0n) is 14.3. The number of hydrogen-bond donors (Lipinski definition) is 0. The number of ketones is 1. The number of aryl methyl sites for hydroxylation is 1. The van der Waals surface area contributed by atoms with Gasteiger partial charge in [-0.05, 0) is 32.0 Å². The predicted molar refractivity (Wildman–Crippen MR) is 92.9 cm³/mol. The highest BCUT2D eigenvalue weighted by Gasteiger charge is 2.19. The molecule has 0 aliphatic carbocycles. The van der Waals surface area contributed by atoms with E-state index >= 15 is 0 Å². The summed E-state index contributed by atoms with van der Waals surface area (Å²) in [7, 11) is 0.613. The van der Waals surface area contributed by atoms with E-state index in [2.05, 4.69) is 0 Å². The summed E-state index contributed by atoms with van der Waals surface area (Å²) in [6.07, 6.45) is 0. The van der Waals surface area contributed by atoms with Gasteiger partial charge in [-0.3, -0.25) is 9.00 Å². The van der Waals surface area contributed by atoms with Gasteiger partial charge < -0.3 is 9.30 Å². The van der Waals surface area contributed by atoms with Crippen molar-refractivity contribution in [1.29, 1.82) is 0 Å². The molecule has 2 rings (SSSR count). The Bertz CT molecular complexity index is 807. The summed E-state index contributed by atoms with van der Waals surface area (Å²) in [5, 5.41) is 0. The van der Waals surface area contributed by atoms with Gasteiger partial charge in [-0.2, -0.15) is 0 Å². The molecule has 0 aliphatic heterocycles. The molecule has 6 heteroatoms. The number of rotatable bonds is 6. The molecule has 1 aromatic heterocycles. The summed E-state index contributed by atoms with van der Waals surface area (Å²) in [6.45, 7) is 5.20. The summed E-state index contributed by atoms with van der Waals surface area (Å²) >= 11 is 0. The van der Waals surface area contributed by atoms with Crippen molar-refractivity contribution in [2.24, 2.45) is 7.05 Å². The molecule has 0 N–H and O–H groups in total. The highest BCUT2D eigenvalue weighted by Crippen LogP contribution is 2.17. The second-order valence-electron chi connectivity index (χ2n) is 5.47. The van der Waals surface area contributed by atoms with E-state index in [1.165, 1.54) is 0 Å². The lowest BCUT2D eigenvalue weighted by molar-refractivity contribution is 0.0471. The van der Waals surface area contributed by atoms with Crippen molar-refractivity contribution in [1.82, 2.24) is 4.57 Å². The minimum absolute atomic E-state index is 0.242. The van der Waals surface area contributed by atoms with Crippen LogP contribution in [0.3, 0.4) is 0 Å². The third-order valence-electron chi connectivity index (χ3n) is 4.02. The van der Waals surface area contributed by atoms with Crippen molar-refractivity contribution in [2.75, 3.05) is 12.4 Å². The van der Waals surface area contributed by atoms with Gasteiger partial charge >= 0.3 is 5.97 Å². The van der Waals surface area contributed by atoms with E-state index in [0.29, 0.717) is 16.2 Å². The quantitative estimate of drug-likeness (QED) is 0.595. The third kappa shape index (κ3) is 3.64. The summed E-state index contributed by atoms with van der Waals surface area (Å²) in [6, 6.07) is 8.39. The monoisotopic (exact) mass is 347 g/mol. The van der Waals surface area contributed by atoms with Crippen molar-refractivity contribution >= 4 is 22.6 Å². The summed E-state index contributed by atoms with van der Waals surface area (Å²) in [4.78, 5) is 25.0. The maximum Gasteiger partial charge on any atom is 0.339 e. The van der Waals surface area contributed by atoms with Crippen LogP contribution in [0.2, 0.25) is 0 Å². The van der Waals surface area contributed by atoms with Gasteiger partial charge in [0, 0.05) is 29.8 Å². The third-order valence-corrected chi connectivity index (χ3v) is 5.40. The number of ether oxygens (including phenoxy) is 1. The van der Waals surface area contributed by atoms with Gasteiger partial charge in [0.15, 0.2) is 6.61 Å². The Morgan fingerprint density at radius 1 is 1.17 bits per heavy atom. The first kappa shape index (κ1) is 18.1. The van der Waals surface area contributed by atoms with E-state index in [-0.39, 0.29) is 18.0 Å². The molecule has 0 spiro atoms. The number of carbonyl (C=O) groups excluding carboxylic acids is 2. The maximum atomic E-state index is 12.3. The zero-order valence-corrected chi connectivity index (χ0v) is 15.1. The van der Waals surface area contributed by atoms with Crippen LogP contribution in [0, 0.1) is 13.8 Å². The molecule has 24 heavy (non-hydrogen) atoms. The van der Waals surface area contributed by atoms with Gasteiger partial charge in [0.1, 0.15) is 0 Å².